The van der Waals surface area contributed by atoms with E-state index < -0.39 is 5.54 Å². The Hall–Kier alpha value is -2.44. The summed E-state index contributed by atoms with van der Waals surface area (Å²) in [7, 11) is 0. The summed E-state index contributed by atoms with van der Waals surface area (Å²) >= 11 is 0. The van der Waals surface area contributed by atoms with E-state index in [1.54, 1.807) is 17.0 Å². The van der Waals surface area contributed by atoms with Gasteiger partial charge in [-0.1, -0.05) is 18.6 Å². The van der Waals surface area contributed by atoms with E-state index in [0.29, 0.717) is 12.8 Å². The van der Waals surface area contributed by atoms with Crippen LogP contribution in [0.25, 0.3) is 0 Å². The van der Waals surface area contributed by atoms with Crippen LogP contribution < -0.4 is 10.6 Å². The molecule has 2 aliphatic heterocycles. The Morgan fingerprint density at radius 1 is 1.30 bits per heavy atom. The molecule has 0 radical (unpaired) electrons. The molecule has 146 valence electrons. The molecule has 0 aliphatic carbocycles. The van der Waals surface area contributed by atoms with Crippen LogP contribution in [0.1, 0.15) is 57.6 Å². The molecule has 0 aromatic heterocycles. The van der Waals surface area contributed by atoms with Crippen LogP contribution in [-0.4, -0.2) is 40.7 Å². The van der Waals surface area contributed by atoms with Crippen molar-refractivity contribution in [1.29, 1.82) is 0 Å². The topological polar surface area (TPSA) is 78.5 Å². The van der Waals surface area contributed by atoms with Crippen LogP contribution in [0, 0.1) is 5.82 Å². The molecule has 2 saturated heterocycles. The van der Waals surface area contributed by atoms with Gasteiger partial charge >= 0.3 is 0 Å². The maximum Gasteiger partial charge on any atom is 0.242 e. The van der Waals surface area contributed by atoms with E-state index >= 15 is 0 Å². The molecule has 7 heteroatoms. The maximum absolute atomic E-state index is 13.4. The minimum Gasteiger partial charge on any atom is -0.349 e. The van der Waals surface area contributed by atoms with Crippen molar-refractivity contribution in [3.05, 3.63) is 35.6 Å². The lowest BCUT2D eigenvalue weighted by molar-refractivity contribution is -0.136. The number of carbonyl (C=O) groups excluding carboxylic acids is 3. The lowest BCUT2D eigenvalue weighted by Crippen LogP contribution is -2.57. The van der Waals surface area contributed by atoms with E-state index in [2.05, 4.69) is 10.6 Å². The number of nitrogens with one attached hydrogen (secondary N) is 2. The molecule has 3 rings (SSSR count). The Bertz CT molecular complexity index is 736. The normalized spacial score (nSPS) is 28.0. The highest BCUT2D eigenvalue weighted by atomic mass is 19.1. The number of fused-ring (bicyclic) bond motifs is 1. The molecule has 0 bridgehead atoms. The van der Waals surface area contributed by atoms with E-state index in [-0.39, 0.29) is 42.2 Å². The van der Waals surface area contributed by atoms with Gasteiger partial charge in [-0.05, 0) is 43.9 Å². The van der Waals surface area contributed by atoms with Gasteiger partial charge in [0, 0.05) is 13.3 Å². The molecule has 6 nitrogen and oxygen atoms in total. The fourth-order valence-corrected chi connectivity index (χ4v) is 4.36. The standard InChI is InChI=1S/C20H26FN3O3/c1-13(25)22-12-19(27)24-16(14-7-9-15(21)10-8-14)11-20(2)17(24)5-3-4-6-18(26)23-20/h7-10,16-17H,3-6,11-12H2,1-2H3,(H,22,25)(H,23,26)/t16-,17-,20-/m0/s1. The minimum absolute atomic E-state index is 0.00350. The number of likely N-dealkylation sites (tertiary alicyclic amines) is 1. The Kier molecular flexibility index (Phi) is 5.48. The number of amides is 3. The van der Waals surface area contributed by atoms with E-state index in [4.69, 9.17) is 0 Å². The van der Waals surface area contributed by atoms with Crippen molar-refractivity contribution in [3.63, 3.8) is 0 Å². The molecular weight excluding hydrogens is 349 g/mol. The largest absolute Gasteiger partial charge is 0.349 e. The van der Waals surface area contributed by atoms with Crippen molar-refractivity contribution in [2.45, 2.75) is 63.6 Å². The number of halogens is 1. The number of benzene rings is 1. The molecule has 3 atom stereocenters. The Labute approximate surface area is 158 Å². The first-order valence-corrected chi connectivity index (χ1v) is 9.42. The third-order valence-electron chi connectivity index (χ3n) is 5.61. The molecule has 3 amide bonds. The van der Waals surface area contributed by atoms with Crippen molar-refractivity contribution in [1.82, 2.24) is 15.5 Å². The predicted octanol–water partition coefficient (Wildman–Crippen LogP) is 2.05. The first-order valence-electron chi connectivity index (χ1n) is 9.42. The van der Waals surface area contributed by atoms with Crippen LogP contribution in [0.4, 0.5) is 4.39 Å². The second kappa shape index (κ2) is 7.66. The van der Waals surface area contributed by atoms with Crippen LogP contribution in [-0.2, 0) is 14.4 Å². The minimum atomic E-state index is -0.553. The first-order chi connectivity index (χ1) is 12.8. The second-order valence-corrected chi connectivity index (χ2v) is 7.71. The van der Waals surface area contributed by atoms with Gasteiger partial charge in [0.2, 0.25) is 17.7 Å². The lowest BCUT2D eigenvalue weighted by Gasteiger charge is -2.38. The van der Waals surface area contributed by atoms with Gasteiger partial charge in [0.15, 0.2) is 0 Å². The zero-order valence-electron chi connectivity index (χ0n) is 15.8. The van der Waals surface area contributed by atoms with Gasteiger partial charge in [0.05, 0.1) is 24.2 Å². The van der Waals surface area contributed by atoms with Gasteiger partial charge in [-0.3, -0.25) is 14.4 Å². The van der Waals surface area contributed by atoms with Gasteiger partial charge in [-0.2, -0.15) is 0 Å². The maximum atomic E-state index is 13.4. The Morgan fingerprint density at radius 2 is 2.00 bits per heavy atom. The van der Waals surface area contributed by atoms with E-state index in [1.165, 1.54) is 19.1 Å². The summed E-state index contributed by atoms with van der Waals surface area (Å²) < 4.78 is 13.4. The van der Waals surface area contributed by atoms with Crippen molar-refractivity contribution in [2.24, 2.45) is 0 Å². The highest BCUT2D eigenvalue weighted by Gasteiger charge is 2.52. The predicted molar refractivity (Wildman–Crippen MR) is 98.1 cm³/mol. The summed E-state index contributed by atoms with van der Waals surface area (Å²) in [6.45, 7) is 3.26. The van der Waals surface area contributed by atoms with Crippen LogP contribution in [0.5, 0.6) is 0 Å². The number of rotatable bonds is 3. The fraction of sp³-hybridized carbons (Fsp3) is 0.550. The third kappa shape index (κ3) is 4.12. The smallest absolute Gasteiger partial charge is 0.242 e. The van der Waals surface area contributed by atoms with Crippen LogP contribution in [0.15, 0.2) is 24.3 Å². The summed E-state index contributed by atoms with van der Waals surface area (Å²) in [6, 6.07) is 5.69. The van der Waals surface area contributed by atoms with Crippen LogP contribution >= 0.6 is 0 Å². The van der Waals surface area contributed by atoms with Crippen molar-refractivity contribution >= 4 is 17.7 Å². The van der Waals surface area contributed by atoms with Crippen molar-refractivity contribution in [2.75, 3.05) is 6.54 Å². The second-order valence-electron chi connectivity index (χ2n) is 7.71. The van der Waals surface area contributed by atoms with Crippen molar-refractivity contribution < 1.29 is 18.8 Å². The average Bonchev–Trinajstić information content (AvgIpc) is 2.87. The zero-order chi connectivity index (χ0) is 19.6. The molecule has 27 heavy (non-hydrogen) atoms. The van der Waals surface area contributed by atoms with Gasteiger partial charge in [0.1, 0.15) is 5.82 Å². The molecule has 0 unspecified atom stereocenters. The molecule has 0 saturated carbocycles. The molecule has 2 aliphatic rings. The monoisotopic (exact) mass is 375 g/mol. The van der Waals surface area contributed by atoms with E-state index in [1.807, 2.05) is 6.92 Å². The summed E-state index contributed by atoms with van der Waals surface area (Å²) in [6.07, 6.45) is 3.46. The van der Waals surface area contributed by atoms with Gasteiger partial charge in [0.25, 0.3) is 0 Å². The van der Waals surface area contributed by atoms with E-state index in [0.717, 1.165) is 24.8 Å². The summed E-state index contributed by atoms with van der Waals surface area (Å²) in [5, 5.41) is 5.69. The van der Waals surface area contributed by atoms with Crippen molar-refractivity contribution in [3.8, 4) is 0 Å². The Balaban J connectivity index is 1.96. The van der Waals surface area contributed by atoms with Gasteiger partial charge < -0.3 is 15.5 Å². The summed E-state index contributed by atoms with van der Waals surface area (Å²) in [5.41, 5.74) is 0.275. The lowest BCUT2D eigenvalue weighted by atomic mass is 9.85. The average molecular weight is 375 g/mol. The molecule has 2 fully saturated rings. The zero-order valence-corrected chi connectivity index (χ0v) is 15.8. The van der Waals surface area contributed by atoms with E-state index in [9.17, 15) is 18.8 Å². The van der Waals surface area contributed by atoms with Gasteiger partial charge in [-0.15, -0.1) is 0 Å². The molecule has 1 aromatic carbocycles. The Morgan fingerprint density at radius 3 is 2.67 bits per heavy atom. The number of carbonyl (C=O) groups is 3. The molecule has 2 heterocycles. The number of hydrogen-bond donors (Lipinski definition) is 2. The summed E-state index contributed by atoms with van der Waals surface area (Å²) in [5.74, 6) is -0.799. The molecular formula is C20H26FN3O3. The van der Waals surface area contributed by atoms with Gasteiger partial charge in [-0.25, -0.2) is 4.39 Å². The molecule has 1 aromatic rings. The molecule has 2 N–H and O–H groups in total. The fourth-order valence-electron chi connectivity index (χ4n) is 4.36. The summed E-state index contributed by atoms with van der Waals surface area (Å²) in [4.78, 5) is 38.3. The third-order valence-corrected chi connectivity index (χ3v) is 5.61. The van der Waals surface area contributed by atoms with Crippen LogP contribution in [0.2, 0.25) is 0 Å². The SMILES string of the molecule is CC(=O)NCC(=O)N1[C@H]2CCCCC(=O)N[C@@]2(C)C[C@H]1c1ccc(F)cc1. The number of hydrogen-bond acceptors (Lipinski definition) is 3. The first kappa shape index (κ1) is 19.3. The highest BCUT2D eigenvalue weighted by Crippen LogP contribution is 2.45. The number of nitrogens with zero attached hydrogens (tertiary/aromatic N) is 1. The van der Waals surface area contributed by atoms with Crippen LogP contribution in [0.3, 0.4) is 0 Å². The quantitative estimate of drug-likeness (QED) is 0.849. The highest BCUT2D eigenvalue weighted by molar-refractivity contribution is 5.85. The molecule has 0 spiro atoms.